The fraction of sp³-hybridized carbons (Fsp3) is 0.467. The van der Waals surface area contributed by atoms with Crippen LogP contribution in [0.2, 0.25) is 0 Å². The minimum atomic E-state index is -0.327. The summed E-state index contributed by atoms with van der Waals surface area (Å²) in [7, 11) is 1.85. The lowest BCUT2D eigenvalue weighted by Gasteiger charge is -2.22. The largest absolute Gasteiger partial charge is 0.378 e. The third kappa shape index (κ3) is 2.95. The molecule has 1 aromatic carbocycles. The van der Waals surface area contributed by atoms with E-state index in [1.807, 2.05) is 17.7 Å². The van der Waals surface area contributed by atoms with Crippen molar-refractivity contribution in [3.05, 3.63) is 29.8 Å². The van der Waals surface area contributed by atoms with Crippen molar-refractivity contribution >= 4 is 16.9 Å². The molecule has 0 radical (unpaired) electrons. The van der Waals surface area contributed by atoms with Crippen molar-refractivity contribution in [2.45, 2.75) is 12.5 Å². The summed E-state index contributed by atoms with van der Waals surface area (Å²) >= 11 is 0. The summed E-state index contributed by atoms with van der Waals surface area (Å²) < 4.78 is 20.8. The van der Waals surface area contributed by atoms with E-state index in [1.165, 1.54) is 6.07 Å². The second-order valence-corrected chi connectivity index (χ2v) is 5.32. The number of aryl methyl sites for hydroxylation is 1. The number of nitrogens with zero attached hydrogens (tertiary/aromatic N) is 2. The Hall–Kier alpha value is -1.99. The monoisotopic (exact) mass is 306 g/mol. The van der Waals surface area contributed by atoms with Crippen LogP contribution in [0.1, 0.15) is 5.82 Å². The van der Waals surface area contributed by atoms with E-state index in [-0.39, 0.29) is 17.8 Å². The molecule has 2 N–H and O–H groups in total. The van der Waals surface area contributed by atoms with E-state index >= 15 is 0 Å². The smallest absolute Gasteiger partial charge is 0.239 e. The van der Waals surface area contributed by atoms with Crippen molar-refractivity contribution in [3.63, 3.8) is 0 Å². The number of para-hydroxylation sites is 1. The summed E-state index contributed by atoms with van der Waals surface area (Å²) in [5.41, 5.74) is 1.12. The highest BCUT2D eigenvalue weighted by Gasteiger charge is 2.20. The molecule has 1 atom stereocenters. The lowest BCUT2D eigenvalue weighted by Crippen LogP contribution is -2.51. The van der Waals surface area contributed by atoms with Gasteiger partial charge >= 0.3 is 0 Å². The van der Waals surface area contributed by atoms with Crippen molar-refractivity contribution in [2.24, 2.45) is 7.05 Å². The lowest BCUT2D eigenvalue weighted by atomic mass is 10.2. The molecule has 22 heavy (non-hydrogen) atoms. The molecule has 1 unspecified atom stereocenters. The molecular weight excluding hydrogens is 287 g/mol. The number of aromatic nitrogens is 2. The summed E-state index contributed by atoms with van der Waals surface area (Å²) in [4.78, 5) is 16.3. The van der Waals surface area contributed by atoms with Crippen LogP contribution in [0.5, 0.6) is 0 Å². The van der Waals surface area contributed by atoms with Crippen LogP contribution in [0.15, 0.2) is 18.2 Å². The zero-order chi connectivity index (χ0) is 15.5. The molecule has 118 valence electrons. The van der Waals surface area contributed by atoms with Crippen LogP contribution >= 0.6 is 0 Å². The molecule has 0 spiro atoms. The van der Waals surface area contributed by atoms with Crippen molar-refractivity contribution in [2.75, 3.05) is 26.3 Å². The molecule has 2 aromatic rings. The van der Waals surface area contributed by atoms with E-state index < -0.39 is 0 Å². The second-order valence-electron chi connectivity index (χ2n) is 5.32. The summed E-state index contributed by atoms with van der Waals surface area (Å²) in [6.45, 7) is 2.16. The molecule has 1 fully saturated rings. The fourth-order valence-corrected chi connectivity index (χ4v) is 2.61. The third-order valence-corrected chi connectivity index (χ3v) is 3.84. The van der Waals surface area contributed by atoms with Gasteiger partial charge in [-0.3, -0.25) is 4.79 Å². The SMILES string of the molecule is Cn1c(CCNC(=O)C2COCCN2)nc2c(F)cccc21. The first-order valence-electron chi connectivity index (χ1n) is 7.35. The molecule has 7 heteroatoms. The van der Waals surface area contributed by atoms with Gasteiger partial charge in [-0.2, -0.15) is 0 Å². The van der Waals surface area contributed by atoms with Crippen molar-refractivity contribution in [3.8, 4) is 0 Å². The summed E-state index contributed by atoms with van der Waals surface area (Å²) in [6.07, 6.45) is 0.546. The molecule has 0 bridgehead atoms. The third-order valence-electron chi connectivity index (χ3n) is 3.84. The molecule has 3 rings (SSSR count). The normalized spacial score (nSPS) is 18.5. The van der Waals surface area contributed by atoms with Gasteiger partial charge in [0.2, 0.25) is 5.91 Å². The topological polar surface area (TPSA) is 68.2 Å². The molecule has 1 saturated heterocycles. The maximum Gasteiger partial charge on any atom is 0.239 e. The number of benzene rings is 1. The van der Waals surface area contributed by atoms with Crippen LogP contribution in [-0.4, -0.2) is 47.8 Å². The van der Waals surface area contributed by atoms with E-state index in [1.54, 1.807) is 6.07 Å². The zero-order valence-electron chi connectivity index (χ0n) is 12.4. The van der Waals surface area contributed by atoms with Crippen LogP contribution < -0.4 is 10.6 Å². The molecule has 6 nitrogen and oxygen atoms in total. The first kappa shape index (κ1) is 14.9. The number of imidazole rings is 1. The Kier molecular flexibility index (Phi) is 4.35. The standard InChI is InChI=1S/C15H19FN4O2/c1-20-12-4-2-3-10(16)14(12)19-13(20)5-6-18-15(21)11-9-22-8-7-17-11/h2-4,11,17H,5-9H2,1H3,(H,18,21). The van der Waals surface area contributed by atoms with E-state index in [4.69, 9.17) is 4.74 Å². The number of nitrogens with one attached hydrogen (secondary N) is 2. The van der Waals surface area contributed by atoms with Crippen LogP contribution in [-0.2, 0) is 23.0 Å². The number of carbonyl (C=O) groups is 1. The summed E-state index contributed by atoms with van der Waals surface area (Å²) in [6, 6.07) is 4.60. The number of carbonyl (C=O) groups excluding carboxylic acids is 1. The zero-order valence-corrected chi connectivity index (χ0v) is 12.4. The Morgan fingerprint density at radius 2 is 2.45 bits per heavy atom. The summed E-state index contributed by atoms with van der Waals surface area (Å²) in [5, 5.41) is 5.96. The molecule has 0 saturated carbocycles. The van der Waals surface area contributed by atoms with Crippen molar-refractivity contribution < 1.29 is 13.9 Å². The van der Waals surface area contributed by atoms with E-state index in [0.717, 1.165) is 11.3 Å². The number of amides is 1. The minimum absolute atomic E-state index is 0.0790. The molecule has 0 aliphatic carbocycles. The Balaban J connectivity index is 1.61. The molecular formula is C15H19FN4O2. The lowest BCUT2D eigenvalue weighted by molar-refractivity contribution is -0.125. The van der Waals surface area contributed by atoms with Gasteiger partial charge in [0.25, 0.3) is 0 Å². The molecule has 1 aliphatic rings. The number of fused-ring (bicyclic) bond motifs is 1. The van der Waals surface area contributed by atoms with Crippen LogP contribution in [0.3, 0.4) is 0 Å². The first-order chi connectivity index (χ1) is 10.7. The van der Waals surface area contributed by atoms with E-state index in [2.05, 4.69) is 15.6 Å². The van der Waals surface area contributed by atoms with Crippen LogP contribution in [0, 0.1) is 5.82 Å². The number of hydrogen-bond donors (Lipinski definition) is 2. The van der Waals surface area contributed by atoms with Crippen LogP contribution in [0.25, 0.3) is 11.0 Å². The molecule has 1 aliphatic heterocycles. The number of ether oxygens (including phenoxy) is 1. The minimum Gasteiger partial charge on any atom is -0.378 e. The predicted molar refractivity (Wildman–Crippen MR) is 80.0 cm³/mol. The second kappa shape index (κ2) is 6.41. The van der Waals surface area contributed by atoms with Gasteiger partial charge in [0, 0.05) is 26.6 Å². The summed E-state index contributed by atoms with van der Waals surface area (Å²) in [5.74, 6) is 0.338. The number of morpholine rings is 1. The highest BCUT2D eigenvalue weighted by atomic mass is 19.1. The van der Waals surface area contributed by atoms with Crippen LogP contribution in [0.4, 0.5) is 4.39 Å². The Labute approximate surface area is 127 Å². The van der Waals surface area contributed by atoms with Gasteiger partial charge in [-0.25, -0.2) is 9.37 Å². The van der Waals surface area contributed by atoms with Crippen molar-refractivity contribution in [1.82, 2.24) is 20.2 Å². The Morgan fingerprint density at radius 3 is 3.18 bits per heavy atom. The van der Waals surface area contributed by atoms with E-state index in [9.17, 15) is 9.18 Å². The van der Waals surface area contributed by atoms with Gasteiger partial charge in [-0.05, 0) is 12.1 Å². The van der Waals surface area contributed by atoms with E-state index in [0.29, 0.717) is 38.2 Å². The average Bonchev–Trinajstić information content (AvgIpc) is 2.86. The highest BCUT2D eigenvalue weighted by molar-refractivity contribution is 5.82. The predicted octanol–water partition coefficient (Wildman–Crippen LogP) is 0.359. The first-order valence-corrected chi connectivity index (χ1v) is 7.35. The van der Waals surface area contributed by atoms with Gasteiger partial charge in [0.1, 0.15) is 17.4 Å². The van der Waals surface area contributed by atoms with Gasteiger partial charge in [-0.15, -0.1) is 0 Å². The van der Waals surface area contributed by atoms with Gasteiger partial charge in [0.15, 0.2) is 5.82 Å². The number of rotatable bonds is 4. The number of halogens is 1. The molecule has 1 amide bonds. The quantitative estimate of drug-likeness (QED) is 0.856. The van der Waals surface area contributed by atoms with Gasteiger partial charge in [0.05, 0.1) is 18.7 Å². The maximum absolute atomic E-state index is 13.7. The fourth-order valence-electron chi connectivity index (χ4n) is 2.61. The van der Waals surface area contributed by atoms with Gasteiger partial charge in [-0.1, -0.05) is 6.07 Å². The average molecular weight is 306 g/mol. The highest BCUT2D eigenvalue weighted by Crippen LogP contribution is 2.17. The Bertz CT molecular complexity index is 679. The van der Waals surface area contributed by atoms with Crippen molar-refractivity contribution in [1.29, 1.82) is 0 Å². The molecule has 1 aromatic heterocycles. The van der Waals surface area contributed by atoms with Gasteiger partial charge < -0.3 is 19.9 Å². The maximum atomic E-state index is 13.7. The molecule has 2 heterocycles. The number of hydrogen-bond acceptors (Lipinski definition) is 4. The Morgan fingerprint density at radius 1 is 1.59 bits per heavy atom.